The Bertz CT molecular complexity index is 509. The Morgan fingerprint density at radius 1 is 1.00 bits per heavy atom. The van der Waals surface area contributed by atoms with Gasteiger partial charge in [0, 0.05) is 26.2 Å². The zero-order chi connectivity index (χ0) is 14.3. The van der Waals surface area contributed by atoms with Gasteiger partial charge in [0.2, 0.25) is 0 Å². The van der Waals surface area contributed by atoms with Crippen molar-refractivity contribution in [1.82, 2.24) is 10.2 Å². The standard InChI is InChI=1S/C18H24N2S/c1-2-4-18-7-12-20(11-6-17(18)3-1)13-10-19-9-5-16-8-14-21-15-16/h1-4,8,14-15,19H,5-7,9-13H2. The molecule has 1 aliphatic heterocycles. The van der Waals surface area contributed by atoms with Gasteiger partial charge in [0.05, 0.1) is 0 Å². The van der Waals surface area contributed by atoms with Gasteiger partial charge in [-0.3, -0.25) is 0 Å². The molecule has 1 aromatic carbocycles. The first kappa shape index (κ1) is 14.8. The first-order valence-corrected chi connectivity index (χ1v) is 8.87. The van der Waals surface area contributed by atoms with E-state index < -0.39 is 0 Å². The number of nitrogens with zero attached hydrogens (tertiary/aromatic N) is 1. The predicted molar refractivity (Wildman–Crippen MR) is 91.2 cm³/mol. The summed E-state index contributed by atoms with van der Waals surface area (Å²) in [6.45, 7) is 5.75. The molecule has 2 nitrogen and oxygen atoms in total. The maximum absolute atomic E-state index is 3.58. The summed E-state index contributed by atoms with van der Waals surface area (Å²) in [6, 6.07) is 11.1. The lowest BCUT2D eigenvalue weighted by molar-refractivity contribution is 0.287. The highest BCUT2D eigenvalue weighted by molar-refractivity contribution is 7.07. The largest absolute Gasteiger partial charge is 0.315 e. The number of hydrogen-bond acceptors (Lipinski definition) is 3. The molecule has 1 aromatic heterocycles. The molecule has 0 spiro atoms. The van der Waals surface area contributed by atoms with E-state index in [-0.39, 0.29) is 0 Å². The summed E-state index contributed by atoms with van der Waals surface area (Å²) in [5.41, 5.74) is 4.55. The van der Waals surface area contributed by atoms with Gasteiger partial charge in [-0.15, -0.1) is 0 Å². The average Bonchev–Trinajstić information content (AvgIpc) is 2.94. The highest BCUT2D eigenvalue weighted by atomic mass is 32.1. The topological polar surface area (TPSA) is 15.3 Å². The molecule has 0 saturated heterocycles. The summed E-state index contributed by atoms with van der Waals surface area (Å²) in [7, 11) is 0. The van der Waals surface area contributed by atoms with E-state index in [0.29, 0.717) is 0 Å². The van der Waals surface area contributed by atoms with Crippen LogP contribution in [0, 0.1) is 0 Å². The summed E-state index contributed by atoms with van der Waals surface area (Å²) in [4.78, 5) is 2.59. The summed E-state index contributed by atoms with van der Waals surface area (Å²) in [5, 5.41) is 7.98. The van der Waals surface area contributed by atoms with Crippen LogP contribution in [0.15, 0.2) is 41.1 Å². The maximum atomic E-state index is 3.58. The molecule has 0 unspecified atom stereocenters. The van der Waals surface area contributed by atoms with Crippen molar-refractivity contribution in [1.29, 1.82) is 0 Å². The molecule has 21 heavy (non-hydrogen) atoms. The quantitative estimate of drug-likeness (QED) is 0.825. The van der Waals surface area contributed by atoms with Crippen molar-refractivity contribution in [3.05, 3.63) is 57.8 Å². The molecule has 1 aliphatic rings. The minimum atomic E-state index is 1.09. The first-order valence-electron chi connectivity index (χ1n) is 7.93. The van der Waals surface area contributed by atoms with Crippen LogP contribution in [-0.2, 0) is 19.3 Å². The first-order chi connectivity index (χ1) is 10.4. The van der Waals surface area contributed by atoms with E-state index in [9.17, 15) is 0 Å². The third-order valence-corrected chi connectivity index (χ3v) is 5.02. The van der Waals surface area contributed by atoms with Crippen molar-refractivity contribution < 1.29 is 0 Å². The van der Waals surface area contributed by atoms with Crippen molar-refractivity contribution in [2.45, 2.75) is 19.3 Å². The molecule has 112 valence electrons. The van der Waals surface area contributed by atoms with Crippen molar-refractivity contribution in [3.63, 3.8) is 0 Å². The molecule has 0 bridgehead atoms. The molecule has 0 fully saturated rings. The van der Waals surface area contributed by atoms with Crippen LogP contribution in [0.1, 0.15) is 16.7 Å². The Morgan fingerprint density at radius 2 is 1.76 bits per heavy atom. The number of fused-ring (bicyclic) bond motifs is 1. The van der Waals surface area contributed by atoms with Crippen LogP contribution in [0.2, 0.25) is 0 Å². The van der Waals surface area contributed by atoms with Crippen molar-refractivity contribution in [2.75, 3.05) is 32.7 Å². The fourth-order valence-electron chi connectivity index (χ4n) is 2.97. The van der Waals surface area contributed by atoms with E-state index in [1.54, 1.807) is 22.5 Å². The minimum Gasteiger partial charge on any atom is -0.315 e. The predicted octanol–water partition coefficient (Wildman–Crippen LogP) is 2.98. The Balaban J connectivity index is 1.35. The van der Waals surface area contributed by atoms with Gasteiger partial charge < -0.3 is 10.2 Å². The van der Waals surface area contributed by atoms with Crippen LogP contribution in [-0.4, -0.2) is 37.6 Å². The third-order valence-electron chi connectivity index (χ3n) is 4.29. The van der Waals surface area contributed by atoms with Gasteiger partial charge in [-0.2, -0.15) is 11.3 Å². The second-order valence-corrected chi connectivity index (χ2v) is 6.52. The third kappa shape index (κ3) is 4.40. The molecule has 2 heterocycles. The van der Waals surface area contributed by atoms with Gasteiger partial charge in [0.1, 0.15) is 0 Å². The van der Waals surface area contributed by atoms with Gasteiger partial charge in [0.15, 0.2) is 0 Å². The van der Waals surface area contributed by atoms with Gasteiger partial charge >= 0.3 is 0 Å². The Kier molecular flexibility index (Phi) is 5.44. The van der Waals surface area contributed by atoms with Gasteiger partial charge in [-0.05, 0) is 59.3 Å². The summed E-state index contributed by atoms with van der Waals surface area (Å²) in [6.07, 6.45) is 3.55. The van der Waals surface area contributed by atoms with Gasteiger partial charge in [-0.25, -0.2) is 0 Å². The van der Waals surface area contributed by atoms with Crippen LogP contribution in [0.5, 0.6) is 0 Å². The van der Waals surface area contributed by atoms with Crippen LogP contribution in [0.3, 0.4) is 0 Å². The molecule has 3 heteroatoms. The fourth-order valence-corrected chi connectivity index (χ4v) is 3.67. The molecule has 0 aliphatic carbocycles. The van der Waals surface area contributed by atoms with E-state index in [2.05, 4.69) is 51.3 Å². The van der Waals surface area contributed by atoms with E-state index in [1.807, 2.05) is 0 Å². The zero-order valence-electron chi connectivity index (χ0n) is 12.6. The second-order valence-electron chi connectivity index (χ2n) is 5.74. The molecule has 2 aromatic rings. The van der Waals surface area contributed by atoms with E-state index in [0.717, 1.165) is 26.1 Å². The molecule has 0 saturated carbocycles. The lowest BCUT2D eigenvalue weighted by Crippen LogP contribution is -2.34. The molecule has 3 rings (SSSR count). The smallest absolute Gasteiger partial charge is 0.0107 e. The van der Waals surface area contributed by atoms with Gasteiger partial charge in [-0.1, -0.05) is 24.3 Å². The van der Waals surface area contributed by atoms with E-state index in [4.69, 9.17) is 0 Å². The molecule has 0 amide bonds. The minimum absolute atomic E-state index is 1.09. The van der Waals surface area contributed by atoms with Crippen molar-refractivity contribution >= 4 is 11.3 Å². The van der Waals surface area contributed by atoms with Crippen LogP contribution < -0.4 is 5.32 Å². The number of nitrogens with one attached hydrogen (secondary N) is 1. The molecular weight excluding hydrogens is 276 g/mol. The van der Waals surface area contributed by atoms with Gasteiger partial charge in [0.25, 0.3) is 0 Å². The van der Waals surface area contributed by atoms with E-state index in [1.165, 1.54) is 31.5 Å². The highest BCUT2D eigenvalue weighted by Gasteiger charge is 2.12. The number of hydrogen-bond donors (Lipinski definition) is 1. The normalized spacial score (nSPS) is 15.6. The molecule has 0 atom stereocenters. The number of rotatable bonds is 6. The van der Waals surface area contributed by atoms with Crippen LogP contribution >= 0.6 is 11.3 Å². The average molecular weight is 300 g/mol. The second kappa shape index (κ2) is 7.74. The van der Waals surface area contributed by atoms with Crippen molar-refractivity contribution in [2.24, 2.45) is 0 Å². The number of benzene rings is 1. The summed E-state index contributed by atoms with van der Waals surface area (Å²) >= 11 is 1.79. The lowest BCUT2D eigenvalue weighted by atomic mass is 10.0. The summed E-state index contributed by atoms with van der Waals surface area (Å²) < 4.78 is 0. The summed E-state index contributed by atoms with van der Waals surface area (Å²) in [5.74, 6) is 0. The van der Waals surface area contributed by atoms with Crippen LogP contribution in [0.25, 0.3) is 0 Å². The van der Waals surface area contributed by atoms with Crippen LogP contribution in [0.4, 0.5) is 0 Å². The number of thiophene rings is 1. The zero-order valence-corrected chi connectivity index (χ0v) is 13.4. The molecular formula is C18H24N2S. The Labute approximate surface area is 131 Å². The maximum Gasteiger partial charge on any atom is 0.0107 e. The van der Waals surface area contributed by atoms with E-state index >= 15 is 0 Å². The Hall–Kier alpha value is -1.16. The Morgan fingerprint density at radius 3 is 2.43 bits per heavy atom. The lowest BCUT2D eigenvalue weighted by Gasteiger charge is -2.19. The monoisotopic (exact) mass is 300 g/mol. The fraction of sp³-hybridized carbons (Fsp3) is 0.444. The molecule has 0 radical (unpaired) electrons. The molecule has 1 N–H and O–H groups in total. The SMILES string of the molecule is c1ccc2c(c1)CCN(CCNCCc1ccsc1)CC2. The highest BCUT2D eigenvalue weighted by Crippen LogP contribution is 2.15. The van der Waals surface area contributed by atoms with Crippen molar-refractivity contribution in [3.8, 4) is 0 Å².